The van der Waals surface area contributed by atoms with Gasteiger partial charge in [0.05, 0.1) is 36.9 Å². The summed E-state index contributed by atoms with van der Waals surface area (Å²) in [5, 5.41) is 13.0. The predicted molar refractivity (Wildman–Crippen MR) is 137 cm³/mol. The number of benzene rings is 2. The lowest BCUT2D eigenvalue weighted by Gasteiger charge is -2.34. The van der Waals surface area contributed by atoms with Gasteiger partial charge in [-0.15, -0.1) is 0 Å². The summed E-state index contributed by atoms with van der Waals surface area (Å²) in [6, 6.07) is 8.27. The molecule has 9 nitrogen and oxygen atoms in total. The third-order valence-electron chi connectivity index (χ3n) is 7.59. The van der Waals surface area contributed by atoms with Gasteiger partial charge >= 0.3 is 12.1 Å². The number of nitrogens with zero attached hydrogens (tertiary/aromatic N) is 3. The van der Waals surface area contributed by atoms with E-state index in [1.54, 1.807) is 17.0 Å². The number of ether oxygens (including phenoxy) is 2. The van der Waals surface area contributed by atoms with Crippen LogP contribution in [0, 0.1) is 11.7 Å². The van der Waals surface area contributed by atoms with Gasteiger partial charge in [0.2, 0.25) is 5.95 Å². The molecule has 0 unspecified atom stereocenters. The van der Waals surface area contributed by atoms with Crippen molar-refractivity contribution in [3.05, 3.63) is 41.7 Å². The Bertz CT molecular complexity index is 1360. The number of aromatic nitrogens is 2. The van der Waals surface area contributed by atoms with Crippen LogP contribution < -0.4 is 15.0 Å². The summed E-state index contributed by atoms with van der Waals surface area (Å²) < 4.78 is 26.3. The lowest BCUT2D eigenvalue weighted by Crippen LogP contribution is -2.42. The van der Waals surface area contributed by atoms with Gasteiger partial charge in [-0.1, -0.05) is 6.42 Å². The molecule has 3 atom stereocenters. The largest absolute Gasteiger partial charge is 0.494 e. The molecule has 1 aliphatic carbocycles. The number of amides is 1. The van der Waals surface area contributed by atoms with E-state index in [1.165, 1.54) is 20.3 Å². The monoisotopic (exact) mass is 510 g/mol. The number of nitrogens with one attached hydrogen (secondary N) is 1. The fourth-order valence-electron chi connectivity index (χ4n) is 5.72. The highest BCUT2D eigenvalue weighted by molar-refractivity contribution is 5.96. The van der Waals surface area contributed by atoms with E-state index in [0.29, 0.717) is 24.5 Å². The molecule has 0 spiro atoms. The number of anilines is 3. The zero-order valence-electron chi connectivity index (χ0n) is 21.2. The number of imidazole rings is 1. The van der Waals surface area contributed by atoms with Gasteiger partial charge in [-0.2, -0.15) is 0 Å². The molecular weight excluding hydrogens is 479 g/mol. The van der Waals surface area contributed by atoms with Crippen molar-refractivity contribution in [1.82, 2.24) is 9.55 Å². The van der Waals surface area contributed by atoms with Crippen LogP contribution >= 0.6 is 0 Å². The quantitative estimate of drug-likeness (QED) is 0.457. The highest BCUT2D eigenvalue weighted by Crippen LogP contribution is 2.42. The highest BCUT2D eigenvalue weighted by Gasteiger charge is 2.34. The maximum atomic E-state index is 14.0. The van der Waals surface area contributed by atoms with E-state index in [-0.39, 0.29) is 17.8 Å². The van der Waals surface area contributed by atoms with Crippen LogP contribution in [0.5, 0.6) is 5.75 Å². The van der Waals surface area contributed by atoms with Gasteiger partial charge in [-0.05, 0) is 63.3 Å². The van der Waals surface area contributed by atoms with Crippen molar-refractivity contribution in [3.63, 3.8) is 0 Å². The molecule has 2 heterocycles. The van der Waals surface area contributed by atoms with Crippen LogP contribution in [0.1, 0.15) is 50.6 Å². The van der Waals surface area contributed by atoms with E-state index >= 15 is 0 Å². The zero-order valence-corrected chi connectivity index (χ0v) is 21.2. The average molecular weight is 511 g/mol. The van der Waals surface area contributed by atoms with Crippen molar-refractivity contribution in [2.45, 2.75) is 57.5 Å². The molecular formula is C27H31FN4O5. The number of hydrogen-bond acceptors (Lipinski definition) is 6. The van der Waals surface area contributed by atoms with Crippen LogP contribution in [0.25, 0.3) is 11.0 Å². The summed E-state index contributed by atoms with van der Waals surface area (Å²) in [5.74, 6) is -1.04. The van der Waals surface area contributed by atoms with Crippen LogP contribution in [0.15, 0.2) is 30.3 Å². The van der Waals surface area contributed by atoms with Gasteiger partial charge in [0.25, 0.3) is 0 Å². The number of rotatable bonds is 5. The van der Waals surface area contributed by atoms with Crippen LogP contribution in [0.4, 0.5) is 26.5 Å². The van der Waals surface area contributed by atoms with Gasteiger partial charge < -0.3 is 24.5 Å². The molecule has 37 heavy (non-hydrogen) atoms. The number of halogens is 1. The Balaban J connectivity index is 1.65. The maximum Gasteiger partial charge on any atom is 0.414 e. The van der Waals surface area contributed by atoms with E-state index in [9.17, 15) is 19.1 Å². The first-order chi connectivity index (χ1) is 17.8. The first-order valence-electron chi connectivity index (χ1n) is 12.6. The van der Waals surface area contributed by atoms with Gasteiger partial charge in [0.15, 0.2) is 11.6 Å². The van der Waals surface area contributed by atoms with E-state index < -0.39 is 23.8 Å². The van der Waals surface area contributed by atoms with Gasteiger partial charge in [-0.25, -0.2) is 14.2 Å². The number of fused-ring (bicyclic) bond motifs is 3. The van der Waals surface area contributed by atoms with Crippen LogP contribution in [0.3, 0.4) is 0 Å². The second kappa shape index (κ2) is 9.91. The van der Waals surface area contributed by atoms with E-state index in [2.05, 4.69) is 9.88 Å². The third-order valence-corrected chi connectivity index (χ3v) is 7.59. The minimum atomic E-state index is -0.785. The van der Waals surface area contributed by atoms with Crippen LogP contribution in [0.2, 0.25) is 0 Å². The molecule has 2 aliphatic rings. The second-order valence-electron chi connectivity index (χ2n) is 9.79. The molecule has 0 bridgehead atoms. The Morgan fingerprint density at radius 2 is 1.97 bits per heavy atom. The fraction of sp³-hybridized carbons (Fsp3) is 0.444. The molecule has 0 radical (unpaired) electrons. The maximum absolute atomic E-state index is 14.0. The van der Waals surface area contributed by atoms with E-state index in [4.69, 9.17) is 14.5 Å². The first-order valence-corrected chi connectivity index (χ1v) is 12.6. The molecule has 0 saturated heterocycles. The lowest BCUT2D eigenvalue weighted by molar-refractivity contribution is -0.143. The number of carboxylic acid groups (broad SMARTS) is 1. The number of methoxy groups -OCH3 is 2. The van der Waals surface area contributed by atoms with Crippen molar-refractivity contribution >= 4 is 40.4 Å². The Kier molecular flexibility index (Phi) is 6.66. The Morgan fingerprint density at radius 3 is 2.70 bits per heavy atom. The smallest absolute Gasteiger partial charge is 0.414 e. The Labute approximate surface area is 214 Å². The lowest BCUT2D eigenvalue weighted by atomic mass is 9.85. The van der Waals surface area contributed by atoms with Gasteiger partial charge in [-0.3, -0.25) is 9.69 Å². The molecule has 1 saturated carbocycles. The summed E-state index contributed by atoms with van der Waals surface area (Å²) in [6.45, 7) is 1.99. The van der Waals surface area contributed by atoms with Crippen LogP contribution in [-0.2, 0) is 16.0 Å². The summed E-state index contributed by atoms with van der Waals surface area (Å²) in [7, 11) is 2.78. The second-order valence-corrected chi connectivity index (χ2v) is 9.79. The molecule has 3 aromatic rings. The van der Waals surface area contributed by atoms with E-state index in [0.717, 1.165) is 48.0 Å². The molecule has 2 aromatic carbocycles. The van der Waals surface area contributed by atoms with Crippen molar-refractivity contribution < 1.29 is 28.6 Å². The molecule has 5 rings (SSSR count). The van der Waals surface area contributed by atoms with Crippen molar-refractivity contribution in [2.75, 3.05) is 24.4 Å². The molecule has 196 valence electrons. The third kappa shape index (κ3) is 4.45. The topological polar surface area (TPSA) is 106 Å². The van der Waals surface area contributed by atoms with Crippen molar-refractivity contribution in [3.8, 4) is 5.75 Å². The van der Waals surface area contributed by atoms with E-state index in [1.807, 2.05) is 19.1 Å². The number of hydrogen-bond donors (Lipinski definition) is 2. The number of aliphatic carboxylic acids is 1. The molecule has 1 fully saturated rings. The van der Waals surface area contributed by atoms with Gasteiger partial charge in [0, 0.05) is 29.4 Å². The number of carboxylic acids is 1. The summed E-state index contributed by atoms with van der Waals surface area (Å²) in [4.78, 5) is 31.1. The number of carbonyl (C=O) groups excluding carboxylic acids is 1. The summed E-state index contributed by atoms with van der Waals surface area (Å²) in [6.07, 6.45) is 3.84. The SMILES string of the molecule is COC(=O)N1c2ccc3c(nc(Nc4ccc(F)c(OC)c4)n3[C@@H]3CCC[C@@H](C(=O)O)C3)c2CC[C@@H]1C. The van der Waals surface area contributed by atoms with Crippen LogP contribution in [-0.4, -0.2) is 47.0 Å². The average Bonchev–Trinajstić information content (AvgIpc) is 3.27. The Morgan fingerprint density at radius 1 is 1.16 bits per heavy atom. The summed E-state index contributed by atoms with van der Waals surface area (Å²) in [5.41, 5.74) is 3.94. The number of carbonyl (C=O) groups is 2. The summed E-state index contributed by atoms with van der Waals surface area (Å²) >= 11 is 0. The van der Waals surface area contributed by atoms with Crippen molar-refractivity contribution in [1.29, 1.82) is 0 Å². The normalized spacial score (nSPS) is 21.4. The highest BCUT2D eigenvalue weighted by atomic mass is 19.1. The minimum Gasteiger partial charge on any atom is -0.494 e. The number of aryl methyl sites for hydroxylation is 1. The predicted octanol–water partition coefficient (Wildman–Crippen LogP) is 5.65. The molecule has 1 amide bonds. The molecule has 2 N–H and O–H groups in total. The minimum absolute atomic E-state index is 0.0153. The molecule has 1 aliphatic heterocycles. The molecule has 1 aromatic heterocycles. The Hall–Kier alpha value is -3.82. The first kappa shape index (κ1) is 24.9. The van der Waals surface area contributed by atoms with Gasteiger partial charge in [0.1, 0.15) is 0 Å². The zero-order chi connectivity index (χ0) is 26.3. The van der Waals surface area contributed by atoms with Crippen molar-refractivity contribution in [2.24, 2.45) is 5.92 Å². The fourth-order valence-corrected chi connectivity index (χ4v) is 5.72. The standard InChI is InChI=1S/C27H31FN4O5/c1-15-7-9-19-21(31(15)27(35)37-3)11-12-22-24(19)30-26(29-17-8-10-20(28)23(14-17)36-2)32(22)18-6-4-5-16(13-18)25(33)34/h8,10-12,14-16,18H,4-7,9,13H2,1-3H3,(H,29,30)(H,33,34)/t15-,16+,18+/m0/s1. The molecule has 10 heteroatoms.